The lowest BCUT2D eigenvalue weighted by Gasteiger charge is -2.27. The van der Waals surface area contributed by atoms with E-state index in [1.54, 1.807) is 26.1 Å². The Hall–Kier alpha value is -0.290. The van der Waals surface area contributed by atoms with Gasteiger partial charge in [0, 0.05) is 24.0 Å². The standard InChI is InChI=1S/C12H17Cl2NO2S/c1-9(8-13)18(16,17)15(3)10(2)11-4-6-12(14)7-5-11/h4-7,9-10H,8H2,1-3H3. The Morgan fingerprint density at radius 1 is 1.22 bits per heavy atom. The lowest BCUT2D eigenvalue weighted by atomic mass is 10.1. The van der Waals surface area contributed by atoms with Gasteiger partial charge in [0.1, 0.15) is 0 Å². The molecule has 0 fully saturated rings. The molecule has 2 unspecified atom stereocenters. The van der Waals surface area contributed by atoms with E-state index >= 15 is 0 Å². The van der Waals surface area contributed by atoms with Gasteiger partial charge in [-0.25, -0.2) is 8.42 Å². The first-order valence-corrected chi connectivity index (χ1v) is 8.00. The zero-order valence-electron chi connectivity index (χ0n) is 10.6. The maximum absolute atomic E-state index is 12.2. The van der Waals surface area contributed by atoms with Gasteiger partial charge in [0.2, 0.25) is 10.0 Å². The van der Waals surface area contributed by atoms with E-state index in [1.165, 1.54) is 4.31 Å². The summed E-state index contributed by atoms with van der Waals surface area (Å²) in [6, 6.07) is 6.89. The summed E-state index contributed by atoms with van der Waals surface area (Å²) in [6.07, 6.45) is 0. The number of hydrogen-bond acceptors (Lipinski definition) is 2. The number of hydrogen-bond donors (Lipinski definition) is 0. The van der Waals surface area contributed by atoms with Crippen LogP contribution < -0.4 is 0 Å². The third-order valence-electron chi connectivity index (χ3n) is 3.03. The fraction of sp³-hybridized carbons (Fsp3) is 0.500. The Balaban J connectivity index is 2.97. The number of alkyl halides is 1. The predicted octanol–water partition coefficient (Wildman–Crippen LogP) is 3.29. The van der Waals surface area contributed by atoms with Gasteiger partial charge in [-0.05, 0) is 31.5 Å². The minimum Gasteiger partial charge on any atom is -0.212 e. The van der Waals surface area contributed by atoms with Crippen LogP contribution in [-0.4, -0.2) is 30.9 Å². The van der Waals surface area contributed by atoms with Crippen LogP contribution in [0, 0.1) is 0 Å². The zero-order chi connectivity index (χ0) is 13.9. The van der Waals surface area contributed by atoms with Crippen LogP contribution in [0.25, 0.3) is 0 Å². The van der Waals surface area contributed by atoms with Crippen molar-refractivity contribution >= 4 is 33.2 Å². The minimum absolute atomic E-state index is 0.0833. The fourth-order valence-corrected chi connectivity index (χ4v) is 3.43. The third-order valence-corrected chi connectivity index (χ3v) is 6.23. The summed E-state index contributed by atoms with van der Waals surface area (Å²) in [5.41, 5.74) is 0.896. The fourth-order valence-electron chi connectivity index (χ4n) is 1.54. The highest BCUT2D eigenvalue weighted by Crippen LogP contribution is 2.25. The number of benzene rings is 1. The molecular weight excluding hydrogens is 293 g/mol. The van der Waals surface area contributed by atoms with Crippen molar-refractivity contribution in [2.24, 2.45) is 0 Å². The molecule has 0 saturated carbocycles. The Bertz CT molecular complexity index is 487. The van der Waals surface area contributed by atoms with Crippen molar-refractivity contribution in [1.82, 2.24) is 4.31 Å². The summed E-state index contributed by atoms with van der Waals surface area (Å²) in [6.45, 7) is 3.44. The Labute approximate surface area is 119 Å². The molecule has 0 radical (unpaired) electrons. The smallest absolute Gasteiger partial charge is 0.212 e. The second-order valence-electron chi connectivity index (χ2n) is 4.25. The lowest BCUT2D eigenvalue weighted by Crippen LogP contribution is -2.37. The molecule has 6 heteroatoms. The van der Waals surface area contributed by atoms with Gasteiger partial charge in [-0.3, -0.25) is 0 Å². The van der Waals surface area contributed by atoms with E-state index in [0.29, 0.717) is 5.02 Å². The normalized spacial score (nSPS) is 15.7. The van der Waals surface area contributed by atoms with Crippen LogP contribution >= 0.6 is 23.2 Å². The van der Waals surface area contributed by atoms with Gasteiger partial charge in [0.25, 0.3) is 0 Å². The topological polar surface area (TPSA) is 37.4 Å². The second kappa shape index (κ2) is 6.24. The van der Waals surface area contributed by atoms with Gasteiger partial charge in [-0.15, -0.1) is 11.6 Å². The molecule has 0 saturated heterocycles. The van der Waals surface area contributed by atoms with E-state index in [-0.39, 0.29) is 11.9 Å². The SMILES string of the molecule is CC(c1ccc(Cl)cc1)N(C)S(=O)(=O)C(C)CCl. The summed E-state index contributed by atoms with van der Waals surface area (Å²) < 4.78 is 25.7. The molecular formula is C12H17Cl2NO2S. The van der Waals surface area contributed by atoms with Crippen molar-refractivity contribution in [3.8, 4) is 0 Å². The maximum atomic E-state index is 12.2. The molecule has 0 heterocycles. The molecule has 1 aromatic rings. The Morgan fingerprint density at radius 3 is 2.17 bits per heavy atom. The van der Waals surface area contributed by atoms with E-state index in [0.717, 1.165) is 5.56 Å². The van der Waals surface area contributed by atoms with Crippen molar-refractivity contribution in [1.29, 1.82) is 0 Å². The van der Waals surface area contributed by atoms with Gasteiger partial charge >= 0.3 is 0 Å². The van der Waals surface area contributed by atoms with Crippen molar-refractivity contribution in [2.45, 2.75) is 25.1 Å². The van der Waals surface area contributed by atoms with E-state index in [4.69, 9.17) is 23.2 Å². The van der Waals surface area contributed by atoms with Gasteiger partial charge < -0.3 is 0 Å². The molecule has 3 nitrogen and oxygen atoms in total. The summed E-state index contributed by atoms with van der Waals surface area (Å²) in [5.74, 6) is 0.0833. The van der Waals surface area contributed by atoms with E-state index in [9.17, 15) is 8.42 Å². The molecule has 0 N–H and O–H groups in total. The minimum atomic E-state index is -3.38. The van der Waals surface area contributed by atoms with E-state index in [2.05, 4.69) is 0 Å². The van der Waals surface area contributed by atoms with Crippen LogP contribution in [-0.2, 0) is 10.0 Å². The van der Waals surface area contributed by atoms with Gasteiger partial charge in [0.15, 0.2) is 0 Å². The number of sulfonamides is 1. The summed E-state index contributed by atoms with van der Waals surface area (Å²) in [4.78, 5) is 0. The van der Waals surface area contributed by atoms with Crippen LogP contribution in [0.4, 0.5) is 0 Å². The number of rotatable bonds is 5. The van der Waals surface area contributed by atoms with Crippen LogP contribution in [0.2, 0.25) is 5.02 Å². The van der Waals surface area contributed by atoms with Crippen LogP contribution in [0.1, 0.15) is 25.5 Å². The Morgan fingerprint density at radius 2 is 1.72 bits per heavy atom. The van der Waals surface area contributed by atoms with Gasteiger partial charge in [0.05, 0.1) is 5.25 Å². The molecule has 2 atom stereocenters. The largest absolute Gasteiger partial charge is 0.218 e. The van der Waals surface area contributed by atoms with Crippen LogP contribution in [0.5, 0.6) is 0 Å². The molecule has 0 aromatic heterocycles. The molecule has 102 valence electrons. The van der Waals surface area contributed by atoms with Crippen molar-refractivity contribution < 1.29 is 8.42 Å². The molecule has 0 aliphatic heterocycles. The van der Waals surface area contributed by atoms with Crippen LogP contribution in [0.3, 0.4) is 0 Å². The lowest BCUT2D eigenvalue weighted by molar-refractivity contribution is 0.394. The van der Waals surface area contributed by atoms with Gasteiger partial charge in [-0.1, -0.05) is 23.7 Å². The highest BCUT2D eigenvalue weighted by molar-refractivity contribution is 7.89. The molecule has 0 aliphatic rings. The zero-order valence-corrected chi connectivity index (χ0v) is 12.9. The molecule has 0 amide bonds. The first-order chi connectivity index (χ1) is 8.30. The second-order valence-corrected chi connectivity index (χ2v) is 7.41. The molecule has 0 bridgehead atoms. The van der Waals surface area contributed by atoms with E-state index in [1.807, 2.05) is 19.1 Å². The first kappa shape index (κ1) is 15.8. The first-order valence-electron chi connectivity index (χ1n) is 5.59. The van der Waals surface area contributed by atoms with Crippen LogP contribution in [0.15, 0.2) is 24.3 Å². The monoisotopic (exact) mass is 309 g/mol. The van der Waals surface area contributed by atoms with Gasteiger partial charge in [-0.2, -0.15) is 4.31 Å². The summed E-state index contributed by atoms with van der Waals surface area (Å²) >= 11 is 11.4. The number of nitrogens with zero attached hydrogens (tertiary/aromatic N) is 1. The van der Waals surface area contributed by atoms with Crippen molar-refractivity contribution in [2.75, 3.05) is 12.9 Å². The summed E-state index contributed by atoms with van der Waals surface area (Å²) in [5, 5.41) is 0.0319. The van der Waals surface area contributed by atoms with Crippen molar-refractivity contribution in [3.63, 3.8) is 0 Å². The average Bonchev–Trinajstić information content (AvgIpc) is 2.36. The quantitative estimate of drug-likeness (QED) is 0.783. The van der Waals surface area contributed by atoms with E-state index < -0.39 is 15.3 Å². The maximum Gasteiger partial charge on any atom is 0.218 e. The highest BCUT2D eigenvalue weighted by Gasteiger charge is 2.29. The molecule has 18 heavy (non-hydrogen) atoms. The summed E-state index contributed by atoms with van der Waals surface area (Å²) in [7, 11) is -1.81. The Kier molecular flexibility index (Phi) is 5.46. The molecule has 1 aromatic carbocycles. The highest BCUT2D eigenvalue weighted by atomic mass is 35.5. The molecule has 0 aliphatic carbocycles. The average molecular weight is 310 g/mol. The third kappa shape index (κ3) is 3.38. The predicted molar refractivity (Wildman–Crippen MR) is 76.7 cm³/mol. The van der Waals surface area contributed by atoms with Crippen molar-refractivity contribution in [3.05, 3.63) is 34.9 Å². The molecule has 1 rings (SSSR count). The number of halogens is 2. The molecule has 0 spiro atoms.